The number of anilines is 2. The van der Waals surface area contributed by atoms with Gasteiger partial charge in [0.1, 0.15) is 6.61 Å². The maximum Gasteiger partial charge on any atom is 0.404 e. The topological polar surface area (TPSA) is 151 Å². The van der Waals surface area contributed by atoms with Crippen molar-refractivity contribution in [2.45, 2.75) is 4.90 Å². The van der Waals surface area contributed by atoms with E-state index in [0.29, 0.717) is 12.2 Å². The van der Waals surface area contributed by atoms with Gasteiger partial charge in [0.05, 0.1) is 16.3 Å². The van der Waals surface area contributed by atoms with Gasteiger partial charge in [0.15, 0.2) is 0 Å². The Bertz CT molecular complexity index is 543. The molecule has 0 aliphatic rings. The van der Waals surface area contributed by atoms with E-state index < -0.39 is 16.1 Å². The van der Waals surface area contributed by atoms with Crippen molar-refractivity contribution in [3.05, 3.63) is 18.2 Å². The van der Waals surface area contributed by atoms with E-state index >= 15 is 0 Å². The van der Waals surface area contributed by atoms with Crippen LogP contribution in [0.4, 0.5) is 16.2 Å². The Balaban J connectivity index is 2.66. The van der Waals surface area contributed by atoms with Gasteiger partial charge >= 0.3 is 6.09 Å². The summed E-state index contributed by atoms with van der Waals surface area (Å²) < 4.78 is 26.6. The molecule has 1 aromatic rings. The fourth-order valence-electron chi connectivity index (χ4n) is 1.22. The van der Waals surface area contributed by atoms with Gasteiger partial charge in [0.25, 0.3) is 0 Å². The summed E-state index contributed by atoms with van der Waals surface area (Å²) in [5, 5.41) is 7.81. The second-order valence-electron chi connectivity index (χ2n) is 3.39. The highest BCUT2D eigenvalue weighted by molar-refractivity contribution is 7.89. The predicted molar refractivity (Wildman–Crippen MR) is 66.3 cm³/mol. The van der Waals surface area contributed by atoms with Gasteiger partial charge in [-0.15, -0.1) is 0 Å². The molecule has 0 saturated carbocycles. The van der Waals surface area contributed by atoms with Gasteiger partial charge < -0.3 is 21.5 Å². The quantitative estimate of drug-likeness (QED) is 0.416. The van der Waals surface area contributed by atoms with Crippen LogP contribution in [-0.2, 0) is 14.8 Å². The molecular formula is C9H14N4O4S. The van der Waals surface area contributed by atoms with Crippen molar-refractivity contribution in [1.29, 1.82) is 0 Å². The number of ether oxygens (including phenoxy) is 1. The lowest BCUT2D eigenvalue weighted by Crippen LogP contribution is -2.19. The molecule has 0 aromatic heterocycles. The lowest BCUT2D eigenvalue weighted by molar-refractivity contribution is 0.161. The standard InChI is InChI=1S/C9H14N4O4S/c10-7-5-6(18(12,15)16)1-2-8(7)13-3-4-17-9(11)14/h1-2,5,13H,3-4,10H2,(H2,11,14)(H2,12,15,16). The smallest absolute Gasteiger partial charge is 0.404 e. The van der Waals surface area contributed by atoms with Crippen molar-refractivity contribution < 1.29 is 17.9 Å². The molecule has 100 valence electrons. The largest absolute Gasteiger partial charge is 0.448 e. The van der Waals surface area contributed by atoms with Crippen LogP contribution in [0.5, 0.6) is 0 Å². The molecule has 1 rings (SSSR count). The Morgan fingerprint density at radius 3 is 2.56 bits per heavy atom. The van der Waals surface area contributed by atoms with Crippen LogP contribution in [0.3, 0.4) is 0 Å². The summed E-state index contributed by atoms with van der Waals surface area (Å²) in [7, 11) is -3.77. The van der Waals surface area contributed by atoms with Gasteiger partial charge in [-0.3, -0.25) is 0 Å². The van der Waals surface area contributed by atoms with Gasteiger partial charge in [0, 0.05) is 6.54 Å². The molecule has 0 aliphatic carbocycles. The number of carbonyl (C=O) groups excluding carboxylic acids is 1. The molecule has 1 amide bonds. The Morgan fingerprint density at radius 1 is 1.39 bits per heavy atom. The molecule has 0 spiro atoms. The predicted octanol–water partition coefficient (Wildman–Crippen LogP) is -0.577. The van der Waals surface area contributed by atoms with Crippen LogP contribution in [0.25, 0.3) is 0 Å². The summed E-state index contributed by atoms with van der Waals surface area (Å²) in [5.41, 5.74) is 11.2. The highest BCUT2D eigenvalue weighted by atomic mass is 32.2. The Kier molecular flexibility index (Phi) is 4.34. The van der Waals surface area contributed by atoms with Crippen molar-refractivity contribution >= 4 is 27.5 Å². The number of rotatable bonds is 5. The zero-order valence-corrected chi connectivity index (χ0v) is 10.2. The van der Waals surface area contributed by atoms with Crippen molar-refractivity contribution in [1.82, 2.24) is 0 Å². The first-order chi connectivity index (χ1) is 8.30. The summed E-state index contributed by atoms with van der Waals surface area (Å²) in [5.74, 6) is 0. The number of primary amides is 1. The van der Waals surface area contributed by atoms with E-state index in [4.69, 9.17) is 16.6 Å². The molecular weight excluding hydrogens is 260 g/mol. The van der Waals surface area contributed by atoms with Crippen LogP contribution in [0.15, 0.2) is 23.1 Å². The van der Waals surface area contributed by atoms with Crippen LogP contribution < -0.4 is 21.9 Å². The molecule has 0 fully saturated rings. The summed E-state index contributed by atoms with van der Waals surface area (Å²) in [6.45, 7) is 0.369. The average Bonchev–Trinajstić information content (AvgIpc) is 2.24. The van der Waals surface area contributed by atoms with Crippen LogP contribution in [0.1, 0.15) is 0 Å². The van der Waals surface area contributed by atoms with Gasteiger partial charge in [0.2, 0.25) is 10.0 Å². The first kappa shape index (κ1) is 14.1. The van der Waals surface area contributed by atoms with E-state index in [1.165, 1.54) is 18.2 Å². The van der Waals surface area contributed by atoms with E-state index in [1.807, 2.05) is 0 Å². The van der Waals surface area contributed by atoms with E-state index in [0.717, 1.165) is 0 Å². The molecule has 8 nitrogen and oxygen atoms in total. The number of nitrogens with one attached hydrogen (secondary N) is 1. The van der Waals surface area contributed by atoms with Crippen LogP contribution >= 0.6 is 0 Å². The second kappa shape index (κ2) is 5.56. The van der Waals surface area contributed by atoms with E-state index in [2.05, 4.69) is 10.1 Å². The highest BCUT2D eigenvalue weighted by Gasteiger charge is 2.09. The van der Waals surface area contributed by atoms with Crippen molar-refractivity contribution in [2.24, 2.45) is 10.9 Å². The molecule has 0 bridgehead atoms. The normalized spacial score (nSPS) is 10.9. The number of sulfonamides is 1. The maximum absolute atomic E-state index is 11.1. The number of benzene rings is 1. The minimum absolute atomic E-state index is 0.0704. The molecule has 9 heteroatoms. The summed E-state index contributed by atoms with van der Waals surface area (Å²) >= 11 is 0. The summed E-state index contributed by atoms with van der Waals surface area (Å²) in [4.78, 5) is 10.2. The number of primary sulfonamides is 1. The van der Waals surface area contributed by atoms with Gasteiger partial charge in [-0.05, 0) is 18.2 Å². The number of nitrogens with two attached hydrogens (primary N) is 3. The zero-order valence-electron chi connectivity index (χ0n) is 9.42. The molecule has 0 heterocycles. The Morgan fingerprint density at radius 2 is 2.06 bits per heavy atom. The fraction of sp³-hybridized carbons (Fsp3) is 0.222. The average molecular weight is 274 g/mol. The van der Waals surface area contributed by atoms with Crippen LogP contribution in [-0.4, -0.2) is 27.7 Å². The van der Waals surface area contributed by atoms with Crippen molar-refractivity contribution in [3.63, 3.8) is 0 Å². The van der Waals surface area contributed by atoms with E-state index in [-0.39, 0.29) is 17.2 Å². The molecule has 1 aromatic carbocycles. The molecule has 0 unspecified atom stereocenters. The van der Waals surface area contributed by atoms with Crippen LogP contribution in [0, 0.1) is 0 Å². The zero-order chi connectivity index (χ0) is 13.8. The lowest BCUT2D eigenvalue weighted by atomic mass is 10.2. The number of nitrogen functional groups attached to an aromatic ring is 1. The lowest BCUT2D eigenvalue weighted by Gasteiger charge is -2.10. The highest BCUT2D eigenvalue weighted by Crippen LogP contribution is 2.21. The van der Waals surface area contributed by atoms with Gasteiger partial charge in [-0.1, -0.05) is 0 Å². The number of hydrogen-bond acceptors (Lipinski definition) is 6. The van der Waals surface area contributed by atoms with Crippen molar-refractivity contribution in [2.75, 3.05) is 24.2 Å². The fourth-order valence-corrected chi connectivity index (χ4v) is 1.77. The molecule has 0 atom stereocenters. The van der Waals surface area contributed by atoms with Gasteiger partial charge in [-0.2, -0.15) is 0 Å². The number of hydrogen-bond donors (Lipinski definition) is 4. The molecule has 7 N–H and O–H groups in total. The summed E-state index contributed by atoms with van der Waals surface area (Å²) in [6.07, 6.45) is -0.866. The Labute approximate surface area is 104 Å². The minimum atomic E-state index is -3.77. The third-order valence-corrected chi connectivity index (χ3v) is 2.92. The first-order valence-corrected chi connectivity index (χ1v) is 6.44. The SMILES string of the molecule is NC(=O)OCCNc1ccc(S(N)(=O)=O)cc1N. The van der Waals surface area contributed by atoms with E-state index in [1.54, 1.807) is 0 Å². The van der Waals surface area contributed by atoms with Crippen LogP contribution in [0.2, 0.25) is 0 Å². The van der Waals surface area contributed by atoms with Crippen molar-refractivity contribution in [3.8, 4) is 0 Å². The second-order valence-corrected chi connectivity index (χ2v) is 4.95. The third kappa shape index (κ3) is 4.11. The van der Waals surface area contributed by atoms with Gasteiger partial charge in [-0.25, -0.2) is 18.4 Å². The summed E-state index contributed by atoms with van der Waals surface area (Å²) in [6, 6.07) is 4.04. The molecule has 0 saturated heterocycles. The molecule has 0 aliphatic heterocycles. The number of carbonyl (C=O) groups is 1. The molecule has 0 radical (unpaired) electrons. The maximum atomic E-state index is 11.1. The minimum Gasteiger partial charge on any atom is -0.448 e. The van der Waals surface area contributed by atoms with E-state index in [9.17, 15) is 13.2 Å². The monoisotopic (exact) mass is 274 g/mol. The number of amides is 1. The Hall–Kier alpha value is -2.00. The first-order valence-electron chi connectivity index (χ1n) is 4.89. The third-order valence-electron chi connectivity index (χ3n) is 2.01. The molecule has 18 heavy (non-hydrogen) atoms.